The molecular weight excluding hydrogens is 284 g/mol. The number of hydrogen-bond acceptors (Lipinski definition) is 4. The maximum Gasteiger partial charge on any atom is -0.00245 e. The zero-order valence-electron chi connectivity index (χ0n) is 18.5. The lowest BCUT2D eigenvalue weighted by Crippen LogP contribution is -2.17. The normalized spacial score (nSPS) is 9.65. The Morgan fingerprint density at radius 3 is 0.870 bits per heavy atom. The summed E-state index contributed by atoms with van der Waals surface area (Å²) in [5, 5.41) is 2.93. The third-order valence-corrected chi connectivity index (χ3v) is 3.66. The predicted molar refractivity (Wildman–Crippen MR) is 111 cm³/mol. The molecule has 0 amide bonds. The van der Waals surface area contributed by atoms with Gasteiger partial charge in [-0.25, -0.2) is 0 Å². The second-order valence-electron chi connectivity index (χ2n) is 5.58. The van der Waals surface area contributed by atoms with Crippen LogP contribution in [0.25, 0.3) is 0 Å². The quantitative estimate of drug-likeness (QED) is 0.733. The Kier molecular flexibility index (Phi) is 39.8. The largest absolute Gasteiger partial charge is 0.320 e. The summed E-state index contributed by atoms with van der Waals surface area (Å²) in [6, 6.07) is 0. The minimum atomic E-state index is 1.07. The third kappa shape index (κ3) is 44.9. The first-order valence-electron chi connectivity index (χ1n) is 9.54. The van der Waals surface area contributed by atoms with Gasteiger partial charge in [0.25, 0.3) is 0 Å². The molecule has 0 aliphatic carbocycles. The zero-order chi connectivity index (χ0) is 19.1. The van der Waals surface area contributed by atoms with Crippen molar-refractivity contribution in [3.05, 3.63) is 0 Å². The van der Waals surface area contributed by atoms with E-state index in [9.17, 15) is 0 Å². The second kappa shape index (κ2) is 29.8. The van der Waals surface area contributed by atoms with E-state index >= 15 is 0 Å². The first-order chi connectivity index (χ1) is 10.8. The highest BCUT2D eigenvalue weighted by Gasteiger charge is 1.86. The highest BCUT2D eigenvalue weighted by Crippen LogP contribution is 1.82. The van der Waals surface area contributed by atoms with Crippen LogP contribution in [0, 0.1) is 0 Å². The lowest BCUT2D eigenvalue weighted by atomic mass is 10.4. The van der Waals surface area contributed by atoms with Crippen LogP contribution in [-0.4, -0.2) is 88.7 Å². The fourth-order valence-corrected chi connectivity index (χ4v) is 0.987. The molecule has 23 heavy (non-hydrogen) atoms. The lowest BCUT2D eigenvalue weighted by molar-refractivity contribution is 0.353. The molecule has 0 rings (SSSR count). The van der Waals surface area contributed by atoms with Gasteiger partial charge in [0.2, 0.25) is 0 Å². The summed E-state index contributed by atoms with van der Waals surface area (Å²) in [4.78, 5) is 6.81. The maximum absolute atomic E-state index is 2.93. The maximum atomic E-state index is 2.93. The molecule has 0 aliphatic heterocycles. The van der Waals surface area contributed by atoms with E-state index in [4.69, 9.17) is 0 Å². The van der Waals surface area contributed by atoms with Crippen LogP contribution < -0.4 is 5.32 Å². The van der Waals surface area contributed by atoms with Gasteiger partial charge in [0.1, 0.15) is 0 Å². The topological polar surface area (TPSA) is 21.8 Å². The van der Waals surface area contributed by atoms with Crippen LogP contribution in [-0.2, 0) is 0 Å². The highest BCUT2D eigenvalue weighted by atomic mass is 15.1. The molecule has 0 saturated carbocycles. The van der Waals surface area contributed by atoms with E-state index < -0.39 is 0 Å². The van der Waals surface area contributed by atoms with E-state index in [0.717, 1.165) is 32.7 Å². The summed E-state index contributed by atoms with van der Waals surface area (Å²) >= 11 is 0. The minimum absolute atomic E-state index is 1.07. The Labute approximate surface area is 149 Å². The van der Waals surface area contributed by atoms with Gasteiger partial charge in [-0.15, -0.1) is 0 Å². The molecule has 4 nitrogen and oxygen atoms in total. The van der Waals surface area contributed by atoms with Gasteiger partial charge in [0.05, 0.1) is 0 Å². The van der Waals surface area contributed by atoms with E-state index in [2.05, 4.69) is 89.6 Å². The Bertz CT molecular complexity index is 145. The number of nitrogens with one attached hydrogen (secondary N) is 1. The average Bonchev–Trinajstić information content (AvgIpc) is 2.61. The van der Waals surface area contributed by atoms with Gasteiger partial charge in [-0.3, -0.25) is 0 Å². The Morgan fingerprint density at radius 2 is 0.826 bits per heavy atom. The molecule has 4 heteroatoms. The molecule has 0 radical (unpaired) electrons. The van der Waals surface area contributed by atoms with Crippen LogP contribution in [0.5, 0.6) is 0 Å². The summed E-state index contributed by atoms with van der Waals surface area (Å²) in [5.74, 6) is 0. The van der Waals surface area contributed by atoms with Crippen molar-refractivity contribution in [2.24, 2.45) is 0 Å². The van der Waals surface area contributed by atoms with Crippen molar-refractivity contribution in [2.45, 2.75) is 54.9 Å². The lowest BCUT2D eigenvalue weighted by Gasteiger charge is -2.10. The van der Waals surface area contributed by atoms with E-state index in [1.165, 1.54) is 19.5 Å². The van der Waals surface area contributed by atoms with Crippen molar-refractivity contribution < 1.29 is 0 Å². The summed E-state index contributed by atoms with van der Waals surface area (Å²) in [7, 11) is 8.30. The monoisotopic (exact) mass is 334 g/mol. The van der Waals surface area contributed by atoms with E-state index in [-0.39, 0.29) is 0 Å². The molecule has 0 bridgehead atoms. The van der Waals surface area contributed by atoms with E-state index in [0.29, 0.717) is 0 Å². The molecule has 0 unspecified atom stereocenters. The summed E-state index contributed by atoms with van der Waals surface area (Å²) in [5.41, 5.74) is 0. The van der Waals surface area contributed by atoms with Crippen molar-refractivity contribution in [3.8, 4) is 0 Å². The average molecular weight is 335 g/mol. The summed E-state index contributed by atoms with van der Waals surface area (Å²) in [6.07, 6.45) is 1.27. The molecule has 0 heterocycles. The third-order valence-electron chi connectivity index (χ3n) is 3.66. The molecule has 146 valence electrons. The van der Waals surface area contributed by atoms with E-state index in [1.54, 1.807) is 0 Å². The van der Waals surface area contributed by atoms with Crippen LogP contribution in [0.15, 0.2) is 0 Å². The second-order valence-corrected chi connectivity index (χ2v) is 5.58. The van der Waals surface area contributed by atoms with Crippen LogP contribution in [0.4, 0.5) is 0 Å². The molecule has 0 atom stereocenters. The predicted octanol–water partition coefficient (Wildman–Crippen LogP) is 3.49. The van der Waals surface area contributed by atoms with Gasteiger partial charge in [0, 0.05) is 0 Å². The SMILES string of the molecule is CCCN(C)CC.CCN(C)CC.CCN(C)CC.CCNC. The van der Waals surface area contributed by atoms with Crippen molar-refractivity contribution in [3.63, 3.8) is 0 Å². The van der Waals surface area contributed by atoms with Crippen molar-refractivity contribution in [2.75, 3.05) is 74.0 Å². The molecule has 0 aromatic heterocycles. The van der Waals surface area contributed by atoms with Gasteiger partial charge in [0.15, 0.2) is 0 Å². The van der Waals surface area contributed by atoms with Crippen LogP contribution in [0.3, 0.4) is 0 Å². The van der Waals surface area contributed by atoms with Crippen molar-refractivity contribution >= 4 is 0 Å². The van der Waals surface area contributed by atoms with Crippen LogP contribution >= 0.6 is 0 Å². The molecule has 0 spiro atoms. The van der Waals surface area contributed by atoms with Crippen LogP contribution in [0.2, 0.25) is 0 Å². The van der Waals surface area contributed by atoms with Crippen molar-refractivity contribution in [1.29, 1.82) is 0 Å². The Morgan fingerprint density at radius 1 is 0.565 bits per heavy atom. The molecule has 0 aromatic rings. The molecule has 0 saturated heterocycles. The Hall–Kier alpha value is -0.160. The standard InChI is InChI=1S/C6H15N.2C5H13N.C3H9N/c1-4-6-7(3)5-2;2*1-4-6(3)5-2;1-3-4-2/h4-6H2,1-3H3;2*4-5H2,1-3H3;4H,3H2,1-2H3. The summed E-state index contributed by atoms with van der Waals surface area (Å²) in [6.45, 7) is 23.2. The number of hydrogen-bond donors (Lipinski definition) is 1. The van der Waals surface area contributed by atoms with Gasteiger partial charge in [-0.1, -0.05) is 48.5 Å². The number of nitrogens with zero attached hydrogens (tertiary/aromatic N) is 3. The van der Waals surface area contributed by atoms with Gasteiger partial charge in [-0.05, 0) is 80.4 Å². The smallest absolute Gasteiger partial charge is 0.00245 e. The first-order valence-corrected chi connectivity index (χ1v) is 9.54. The van der Waals surface area contributed by atoms with E-state index in [1.807, 2.05) is 7.05 Å². The number of rotatable bonds is 8. The van der Waals surface area contributed by atoms with Gasteiger partial charge >= 0.3 is 0 Å². The fourth-order valence-electron chi connectivity index (χ4n) is 0.987. The van der Waals surface area contributed by atoms with Gasteiger partial charge in [-0.2, -0.15) is 0 Å². The summed E-state index contributed by atoms with van der Waals surface area (Å²) < 4.78 is 0. The molecule has 1 N–H and O–H groups in total. The fraction of sp³-hybridized carbons (Fsp3) is 1.00. The minimum Gasteiger partial charge on any atom is -0.320 e. The Balaban J connectivity index is -0.000000107. The molecule has 0 aliphatic rings. The van der Waals surface area contributed by atoms with Crippen LogP contribution in [0.1, 0.15) is 54.9 Å². The molecular formula is C19H50N4. The zero-order valence-corrected chi connectivity index (χ0v) is 18.5. The molecule has 0 fully saturated rings. The van der Waals surface area contributed by atoms with Crippen molar-refractivity contribution in [1.82, 2.24) is 20.0 Å². The molecule has 0 aromatic carbocycles. The highest BCUT2D eigenvalue weighted by molar-refractivity contribution is 4.41. The van der Waals surface area contributed by atoms with Gasteiger partial charge < -0.3 is 20.0 Å². The first kappa shape index (κ1) is 30.7.